The minimum absolute atomic E-state index is 0.0225. The number of unbranched alkanes of at least 4 members (excludes halogenated alkanes) is 5. The Bertz CT molecular complexity index is 180. The van der Waals surface area contributed by atoms with Gasteiger partial charge in [0.25, 0.3) is 0 Å². The summed E-state index contributed by atoms with van der Waals surface area (Å²) in [7, 11) is 0. The molecule has 0 N–H and O–H groups in total. The summed E-state index contributed by atoms with van der Waals surface area (Å²) in [6.07, 6.45) is 8.53. The van der Waals surface area contributed by atoms with Crippen LogP contribution in [0.5, 0.6) is 0 Å². The van der Waals surface area contributed by atoms with E-state index in [2.05, 4.69) is 13.8 Å². The van der Waals surface area contributed by atoms with Gasteiger partial charge in [-0.25, -0.2) is 4.79 Å². The molecule has 0 radical (unpaired) electrons. The molecule has 3 nitrogen and oxygen atoms in total. The Kier molecular flexibility index (Phi) is 11.2. The van der Waals surface area contributed by atoms with E-state index < -0.39 is 6.16 Å². The van der Waals surface area contributed by atoms with Crippen molar-refractivity contribution >= 4 is 6.16 Å². The Balaban J connectivity index is 3.37. The van der Waals surface area contributed by atoms with Gasteiger partial charge in [-0.2, -0.15) is 0 Å². The summed E-state index contributed by atoms with van der Waals surface area (Å²) in [5.74, 6) is 0. The molecule has 0 aliphatic rings. The fourth-order valence-corrected chi connectivity index (χ4v) is 1.59. The minimum atomic E-state index is -0.514. The second-order valence-corrected chi connectivity index (χ2v) is 4.58. The summed E-state index contributed by atoms with van der Waals surface area (Å²) in [5, 5.41) is 0. The highest BCUT2D eigenvalue weighted by Crippen LogP contribution is 2.09. The Morgan fingerprint density at radius 2 is 1.65 bits per heavy atom. The van der Waals surface area contributed by atoms with Gasteiger partial charge >= 0.3 is 6.16 Å². The maximum absolute atomic E-state index is 11.2. The van der Waals surface area contributed by atoms with Crippen LogP contribution in [0.15, 0.2) is 0 Å². The zero-order chi connectivity index (χ0) is 12.9. The highest BCUT2D eigenvalue weighted by molar-refractivity contribution is 5.59. The monoisotopic (exact) mass is 244 g/mol. The number of carbonyl (C=O) groups excluding carboxylic acids is 1. The third kappa shape index (κ3) is 11.5. The molecule has 1 atom stereocenters. The largest absolute Gasteiger partial charge is 0.508 e. The first-order valence-corrected chi connectivity index (χ1v) is 7.04. The molecular formula is C14H28O3. The predicted molar refractivity (Wildman–Crippen MR) is 70.2 cm³/mol. The first-order valence-electron chi connectivity index (χ1n) is 7.04. The molecule has 0 saturated heterocycles. The van der Waals surface area contributed by atoms with E-state index in [9.17, 15) is 4.79 Å². The number of rotatable bonds is 10. The van der Waals surface area contributed by atoms with E-state index in [4.69, 9.17) is 9.47 Å². The average molecular weight is 244 g/mol. The zero-order valence-electron chi connectivity index (χ0n) is 11.7. The van der Waals surface area contributed by atoms with Crippen LogP contribution in [0.1, 0.15) is 72.1 Å². The van der Waals surface area contributed by atoms with Crippen molar-refractivity contribution in [1.29, 1.82) is 0 Å². The third-order valence-electron chi connectivity index (χ3n) is 2.73. The summed E-state index contributed by atoms with van der Waals surface area (Å²) in [6.45, 7) is 6.67. The molecular weight excluding hydrogens is 216 g/mol. The predicted octanol–water partition coefficient (Wildman–Crippen LogP) is 4.69. The average Bonchev–Trinajstić information content (AvgIpc) is 2.29. The molecule has 1 unspecified atom stereocenters. The van der Waals surface area contributed by atoms with Gasteiger partial charge in [-0.05, 0) is 26.2 Å². The van der Waals surface area contributed by atoms with Crippen LogP contribution in [0.4, 0.5) is 4.79 Å². The third-order valence-corrected chi connectivity index (χ3v) is 2.73. The SMILES string of the molecule is CCCCCCCC(C)OC(=O)OCCCC. The number of hydrogen-bond donors (Lipinski definition) is 0. The van der Waals surface area contributed by atoms with Crippen LogP contribution in [-0.2, 0) is 9.47 Å². The Morgan fingerprint density at radius 3 is 2.29 bits per heavy atom. The van der Waals surface area contributed by atoms with Crippen LogP contribution in [0.2, 0.25) is 0 Å². The first-order chi connectivity index (χ1) is 8.20. The molecule has 0 rings (SSSR count). The molecule has 17 heavy (non-hydrogen) atoms. The first kappa shape index (κ1) is 16.3. The Morgan fingerprint density at radius 1 is 1.00 bits per heavy atom. The van der Waals surface area contributed by atoms with Crippen LogP contribution in [0.25, 0.3) is 0 Å². The Labute approximate surface area is 106 Å². The van der Waals surface area contributed by atoms with Crippen molar-refractivity contribution < 1.29 is 14.3 Å². The summed E-state index contributed by atoms with van der Waals surface area (Å²) in [5.41, 5.74) is 0. The molecule has 0 aromatic heterocycles. The van der Waals surface area contributed by atoms with Gasteiger partial charge in [-0.15, -0.1) is 0 Å². The van der Waals surface area contributed by atoms with E-state index in [0.29, 0.717) is 6.61 Å². The lowest BCUT2D eigenvalue weighted by Crippen LogP contribution is -2.16. The van der Waals surface area contributed by atoms with Crippen LogP contribution in [0, 0.1) is 0 Å². The lowest BCUT2D eigenvalue weighted by Gasteiger charge is -2.12. The van der Waals surface area contributed by atoms with Gasteiger partial charge in [-0.3, -0.25) is 0 Å². The fraction of sp³-hybridized carbons (Fsp3) is 0.929. The van der Waals surface area contributed by atoms with Crippen LogP contribution in [-0.4, -0.2) is 18.9 Å². The molecule has 0 saturated carbocycles. The molecule has 0 aliphatic heterocycles. The van der Waals surface area contributed by atoms with Crippen molar-refractivity contribution in [2.45, 2.75) is 78.2 Å². The van der Waals surface area contributed by atoms with E-state index in [1.54, 1.807) is 0 Å². The van der Waals surface area contributed by atoms with Gasteiger partial charge in [0, 0.05) is 0 Å². The van der Waals surface area contributed by atoms with E-state index in [1.165, 1.54) is 25.7 Å². The van der Waals surface area contributed by atoms with Crippen molar-refractivity contribution in [3.05, 3.63) is 0 Å². The molecule has 0 heterocycles. The minimum Gasteiger partial charge on any atom is -0.434 e. The van der Waals surface area contributed by atoms with Crippen LogP contribution < -0.4 is 0 Å². The van der Waals surface area contributed by atoms with Crippen LogP contribution in [0.3, 0.4) is 0 Å². The number of carbonyl (C=O) groups is 1. The van der Waals surface area contributed by atoms with Crippen molar-refractivity contribution in [3.63, 3.8) is 0 Å². The molecule has 0 fully saturated rings. The molecule has 0 bridgehead atoms. The lowest BCUT2D eigenvalue weighted by molar-refractivity contribution is 0.0253. The van der Waals surface area contributed by atoms with E-state index in [-0.39, 0.29) is 6.10 Å². The number of ether oxygens (including phenoxy) is 2. The molecule has 0 spiro atoms. The lowest BCUT2D eigenvalue weighted by atomic mass is 10.1. The summed E-state index contributed by atoms with van der Waals surface area (Å²) >= 11 is 0. The summed E-state index contributed by atoms with van der Waals surface area (Å²) in [4.78, 5) is 11.2. The maximum Gasteiger partial charge on any atom is 0.508 e. The van der Waals surface area contributed by atoms with Gasteiger partial charge in [0.05, 0.1) is 6.61 Å². The van der Waals surface area contributed by atoms with Gasteiger partial charge < -0.3 is 9.47 Å². The van der Waals surface area contributed by atoms with E-state index in [0.717, 1.165) is 25.7 Å². The standard InChI is InChI=1S/C14H28O3/c1-4-6-8-9-10-11-13(3)17-14(15)16-12-7-5-2/h13H,4-12H2,1-3H3. The smallest absolute Gasteiger partial charge is 0.434 e. The van der Waals surface area contributed by atoms with Crippen molar-refractivity contribution in [2.75, 3.05) is 6.61 Å². The summed E-state index contributed by atoms with van der Waals surface area (Å²) < 4.78 is 10.1. The highest BCUT2D eigenvalue weighted by atomic mass is 16.7. The van der Waals surface area contributed by atoms with Gasteiger partial charge in [0.15, 0.2) is 0 Å². The second-order valence-electron chi connectivity index (χ2n) is 4.58. The normalized spacial score (nSPS) is 12.2. The Hall–Kier alpha value is -0.730. The van der Waals surface area contributed by atoms with Crippen molar-refractivity contribution in [3.8, 4) is 0 Å². The van der Waals surface area contributed by atoms with E-state index in [1.807, 2.05) is 6.92 Å². The molecule has 102 valence electrons. The molecule has 3 heteroatoms. The molecule has 0 aliphatic carbocycles. The molecule has 0 aromatic rings. The quantitative estimate of drug-likeness (QED) is 0.413. The summed E-state index contributed by atoms with van der Waals surface area (Å²) in [6, 6.07) is 0. The highest BCUT2D eigenvalue weighted by Gasteiger charge is 2.09. The van der Waals surface area contributed by atoms with Gasteiger partial charge in [-0.1, -0.05) is 46.0 Å². The second kappa shape index (κ2) is 11.7. The van der Waals surface area contributed by atoms with Gasteiger partial charge in [0.1, 0.15) is 6.10 Å². The molecule has 0 amide bonds. The fourth-order valence-electron chi connectivity index (χ4n) is 1.59. The van der Waals surface area contributed by atoms with Gasteiger partial charge in [0.2, 0.25) is 0 Å². The van der Waals surface area contributed by atoms with Crippen molar-refractivity contribution in [2.24, 2.45) is 0 Å². The molecule has 0 aromatic carbocycles. The maximum atomic E-state index is 11.2. The zero-order valence-corrected chi connectivity index (χ0v) is 11.7. The van der Waals surface area contributed by atoms with Crippen LogP contribution >= 0.6 is 0 Å². The number of hydrogen-bond acceptors (Lipinski definition) is 3. The van der Waals surface area contributed by atoms with Crippen molar-refractivity contribution in [1.82, 2.24) is 0 Å². The van der Waals surface area contributed by atoms with E-state index >= 15 is 0 Å². The topological polar surface area (TPSA) is 35.5 Å².